The number of rotatable bonds is 5. The predicted octanol–water partition coefficient (Wildman–Crippen LogP) is 4.56. The number of benzene rings is 2. The molecule has 160 valence electrons. The van der Waals surface area contributed by atoms with Crippen molar-refractivity contribution in [1.82, 2.24) is 9.88 Å². The van der Waals surface area contributed by atoms with Crippen LogP contribution in [0.1, 0.15) is 43.0 Å². The molecule has 3 aromatic rings. The minimum absolute atomic E-state index is 0.142. The molecular weight excluding hydrogens is 392 g/mol. The molecule has 1 atom stereocenters. The lowest BCUT2D eigenvalue weighted by atomic mass is 10.00. The Morgan fingerprint density at radius 1 is 1.13 bits per heavy atom. The van der Waals surface area contributed by atoms with Gasteiger partial charge in [-0.15, -0.1) is 0 Å². The monoisotopic (exact) mass is 418 g/mol. The second kappa shape index (κ2) is 9.16. The van der Waals surface area contributed by atoms with E-state index in [-0.39, 0.29) is 24.3 Å². The first kappa shape index (κ1) is 20.8. The van der Waals surface area contributed by atoms with Gasteiger partial charge in [0.15, 0.2) is 6.61 Å². The Kier molecular flexibility index (Phi) is 6.16. The Labute approximate surface area is 181 Å². The molecule has 1 fully saturated rings. The Balaban J connectivity index is 1.58. The van der Waals surface area contributed by atoms with Gasteiger partial charge in [0, 0.05) is 23.5 Å². The maximum absolute atomic E-state index is 13.0. The smallest absolute Gasteiger partial charge is 0.339 e. The number of pyridine rings is 1. The van der Waals surface area contributed by atoms with Crippen LogP contribution in [0.2, 0.25) is 0 Å². The average molecular weight is 418 g/mol. The molecule has 2 heterocycles. The predicted molar refractivity (Wildman–Crippen MR) is 119 cm³/mol. The molecule has 0 spiro atoms. The standard InChI is InChI=1S/C25H26N2O4/c1-2-18-7-5-6-14-27(18)24(29)16-31-25(30)21-15-23(17-10-12-19(28)13-11-17)26-22-9-4-3-8-20(21)22/h3-4,8-13,15,18,28H,2,5-7,14,16H2,1H3/t18-/m0/s1. The van der Waals surface area contributed by atoms with E-state index in [0.29, 0.717) is 22.2 Å². The van der Waals surface area contributed by atoms with E-state index in [9.17, 15) is 14.7 Å². The van der Waals surface area contributed by atoms with Crippen LogP contribution in [0.4, 0.5) is 0 Å². The normalized spacial score (nSPS) is 16.3. The fourth-order valence-electron chi connectivity index (χ4n) is 4.17. The van der Waals surface area contributed by atoms with E-state index in [1.165, 1.54) is 0 Å². The van der Waals surface area contributed by atoms with Crippen LogP contribution >= 0.6 is 0 Å². The fourth-order valence-corrected chi connectivity index (χ4v) is 4.17. The second-order valence-electron chi connectivity index (χ2n) is 7.84. The van der Waals surface area contributed by atoms with Crippen molar-refractivity contribution in [3.05, 3.63) is 60.2 Å². The van der Waals surface area contributed by atoms with Crippen molar-refractivity contribution in [1.29, 1.82) is 0 Å². The highest BCUT2D eigenvalue weighted by molar-refractivity contribution is 6.05. The van der Waals surface area contributed by atoms with Gasteiger partial charge in [-0.3, -0.25) is 4.79 Å². The summed E-state index contributed by atoms with van der Waals surface area (Å²) in [4.78, 5) is 32.2. The van der Waals surface area contributed by atoms with Crippen molar-refractivity contribution in [3.63, 3.8) is 0 Å². The molecule has 0 bridgehead atoms. The molecule has 0 saturated carbocycles. The molecule has 1 aliphatic rings. The lowest BCUT2D eigenvalue weighted by Gasteiger charge is -2.35. The molecule has 31 heavy (non-hydrogen) atoms. The van der Waals surface area contributed by atoms with E-state index in [2.05, 4.69) is 11.9 Å². The van der Waals surface area contributed by atoms with E-state index < -0.39 is 5.97 Å². The van der Waals surface area contributed by atoms with Crippen molar-refractivity contribution in [2.45, 2.75) is 38.6 Å². The molecule has 0 radical (unpaired) electrons. The van der Waals surface area contributed by atoms with E-state index >= 15 is 0 Å². The van der Waals surface area contributed by atoms with Crippen molar-refractivity contribution in [2.24, 2.45) is 0 Å². The Morgan fingerprint density at radius 3 is 2.68 bits per heavy atom. The van der Waals surface area contributed by atoms with Gasteiger partial charge >= 0.3 is 5.97 Å². The van der Waals surface area contributed by atoms with Crippen molar-refractivity contribution < 1.29 is 19.4 Å². The highest BCUT2D eigenvalue weighted by atomic mass is 16.5. The largest absolute Gasteiger partial charge is 0.508 e. The molecule has 1 amide bonds. The Morgan fingerprint density at radius 2 is 1.90 bits per heavy atom. The molecule has 2 aromatic carbocycles. The third-order valence-corrected chi connectivity index (χ3v) is 5.84. The summed E-state index contributed by atoms with van der Waals surface area (Å²) in [5, 5.41) is 10.2. The van der Waals surface area contributed by atoms with Crippen molar-refractivity contribution in [3.8, 4) is 17.0 Å². The van der Waals surface area contributed by atoms with Crippen LogP contribution in [-0.4, -0.2) is 46.1 Å². The van der Waals surface area contributed by atoms with Crippen LogP contribution in [0, 0.1) is 0 Å². The highest BCUT2D eigenvalue weighted by Crippen LogP contribution is 2.27. The molecule has 6 heteroatoms. The van der Waals surface area contributed by atoms with Crippen LogP contribution < -0.4 is 0 Å². The van der Waals surface area contributed by atoms with E-state index in [4.69, 9.17) is 4.74 Å². The number of hydrogen-bond acceptors (Lipinski definition) is 5. The van der Waals surface area contributed by atoms with Crippen LogP contribution in [-0.2, 0) is 9.53 Å². The third-order valence-electron chi connectivity index (χ3n) is 5.84. The number of carbonyl (C=O) groups is 2. The number of piperidine rings is 1. The van der Waals surface area contributed by atoms with Crippen LogP contribution in [0.5, 0.6) is 5.75 Å². The average Bonchev–Trinajstić information content (AvgIpc) is 2.82. The zero-order chi connectivity index (χ0) is 21.8. The molecule has 0 unspecified atom stereocenters. The van der Waals surface area contributed by atoms with Crippen molar-refractivity contribution in [2.75, 3.05) is 13.2 Å². The molecule has 4 rings (SSSR count). The van der Waals surface area contributed by atoms with E-state index in [0.717, 1.165) is 37.8 Å². The number of para-hydroxylation sites is 1. The lowest BCUT2D eigenvalue weighted by Crippen LogP contribution is -2.45. The number of phenolic OH excluding ortho intramolecular Hbond substituents is 1. The van der Waals surface area contributed by atoms with Gasteiger partial charge in [-0.1, -0.05) is 25.1 Å². The Hall–Kier alpha value is -3.41. The number of ether oxygens (including phenoxy) is 1. The molecule has 6 nitrogen and oxygen atoms in total. The number of esters is 1. The van der Waals surface area contributed by atoms with Crippen LogP contribution in [0.15, 0.2) is 54.6 Å². The van der Waals surface area contributed by atoms with Crippen LogP contribution in [0.3, 0.4) is 0 Å². The lowest BCUT2D eigenvalue weighted by molar-refractivity contribution is -0.138. The Bertz CT molecular complexity index is 1090. The first-order chi connectivity index (χ1) is 15.1. The SMILES string of the molecule is CC[C@H]1CCCCN1C(=O)COC(=O)c1cc(-c2ccc(O)cc2)nc2ccccc12. The molecular formula is C25H26N2O4. The van der Waals surface area contributed by atoms with Gasteiger partial charge in [0.1, 0.15) is 5.75 Å². The highest BCUT2D eigenvalue weighted by Gasteiger charge is 2.26. The first-order valence-corrected chi connectivity index (χ1v) is 10.7. The maximum atomic E-state index is 13.0. The summed E-state index contributed by atoms with van der Waals surface area (Å²) in [6, 6.07) is 15.9. The zero-order valence-electron chi connectivity index (χ0n) is 17.6. The molecule has 1 aromatic heterocycles. The van der Waals surface area contributed by atoms with Gasteiger partial charge < -0.3 is 14.7 Å². The molecule has 0 aliphatic carbocycles. The summed E-state index contributed by atoms with van der Waals surface area (Å²) < 4.78 is 5.46. The zero-order valence-corrected chi connectivity index (χ0v) is 17.6. The summed E-state index contributed by atoms with van der Waals surface area (Å²) in [5.74, 6) is -0.528. The number of hydrogen-bond donors (Lipinski definition) is 1. The topological polar surface area (TPSA) is 79.7 Å². The second-order valence-corrected chi connectivity index (χ2v) is 7.84. The molecule has 1 N–H and O–H groups in total. The molecule has 1 saturated heterocycles. The molecule has 1 aliphatic heterocycles. The first-order valence-electron chi connectivity index (χ1n) is 10.7. The number of aromatic nitrogens is 1. The van der Waals surface area contributed by atoms with Crippen LogP contribution in [0.25, 0.3) is 22.2 Å². The number of phenols is 1. The maximum Gasteiger partial charge on any atom is 0.339 e. The number of aromatic hydroxyl groups is 1. The van der Waals surface area contributed by atoms with E-state index in [1.54, 1.807) is 30.3 Å². The number of nitrogens with zero attached hydrogens (tertiary/aromatic N) is 2. The van der Waals surface area contributed by atoms with Crippen molar-refractivity contribution >= 4 is 22.8 Å². The van der Waals surface area contributed by atoms with Gasteiger partial charge in [0.05, 0.1) is 16.8 Å². The summed E-state index contributed by atoms with van der Waals surface area (Å²) in [6.45, 7) is 2.54. The van der Waals surface area contributed by atoms with Gasteiger partial charge in [0.25, 0.3) is 5.91 Å². The fraction of sp³-hybridized carbons (Fsp3) is 0.320. The minimum Gasteiger partial charge on any atom is -0.508 e. The third kappa shape index (κ3) is 4.53. The van der Waals surface area contributed by atoms with E-state index in [1.807, 2.05) is 29.2 Å². The number of carbonyl (C=O) groups excluding carboxylic acids is 2. The summed E-state index contributed by atoms with van der Waals surface area (Å²) in [7, 11) is 0. The van der Waals surface area contributed by atoms with Gasteiger partial charge in [0.2, 0.25) is 0 Å². The summed E-state index contributed by atoms with van der Waals surface area (Å²) in [6.07, 6.45) is 4.03. The number of amides is 1. The number of fused-ring (bicyclic) bond motifs is 1. The summed E-state index contributed by atoms with van der Waals surface area (Å²) >= 11 is 0. The van der Waals surface area contributed by atoms with Gasteiger partial charge in [-0.25, -0.2) is 9.78 Å². The minimum atomic E-state index is -0.544. The quantitative estimate of drug-likeness (QED) is 0.615. The number of likely N-dealkylation sites (tertiary alicyclic amines) is 1. The van der Waals surface area contributed by atoms with Gasteiger partial charge in [-0.05, 0) is 62.1 Å². The summed E-state index contributed by atoms with van der Waals surface area (Å²) in [5.41, 5.74) is 2.40. The van der Waals surface area contributed by atoms with Gasteiger partial charge in [-0.2, -0.15) is 0 Å².